The van der Waals surface area contributed by atoms with Crippen molar-refractivity contribution in [1.29, 1.82) is 0 Å². The third-order valence-electron chi connectivity index (χ3n) is 16.6. The largest absolute Gasteiger partial charge is 0.456 e. The molecule has 2 aromatic heterocycles. The van der Waals surface area contributed by atoms with E-state index in [0.717, 1.165) is 73.5 Å². The summed E-state index contributed by atoms with van der Waals surface area (Å²) in [6.07, 6.45) is 2.30. The van der Waals surface area contributed by atoms with Crippen LogP contribution in [0.4, 0.5) is 28.4 Å². The summed E-state index contributed by atoms with van der Waals surface area (Å²) in [5, 5.41) is 4.44. The zero-order valence-corrected chi connectivity index (χ0v) is 38.6. The molecule has 4 aliphatic rings. The van der Waals surface area contributed by atoms with Gasteiger partial charge < -0.3 is 18.5 Å². The van der Waals surface area contributed by atoms with Gasteiger partial charge in [-0.1, -0.05) is 167 Å². The molecule has 0 spiro atoms. The molecule has 0 N–H and O–H groups in total. The summed E-state index contributed by atoms with van der Waals surface area (Å²) in [5.74, 6) is 0. The number of fused-ring (bicyclic) bond motifs is 14. The third-order valence-corrected chi connectivity index (χ3v) is 16.6. The minimum absolute atomic E-state index is 0.0116. The van der Waals surface area contributed by atoms with Gasteiger partial charge in [0.15, 0.2) is 0 Å². The van der Waals surface area contributed by atoms with Gasteiger partial charge in [0.05, 0.1) is 11.1 Å². The molecular formula is C63H47BN2O2. The number of nitrogens with zero attached hydrogens (tertiary/aromatic N) is 2. The smallest absolute Gasteiger partial charge is 0.333 e. The van der Waals surface area contributed by atoms with Gasteiger partial charge in [0.2, 0.25) is 0 Å². The molecule has 15 rings (SSSR count). The number of hydrogen-bond donors (Lipinski definition) is 0. The minimum Gasteiger partial charge on any atom is -0.456 e. The molecule has 1 aliphatic carbocycles. The van der Waals surface area contributed by atoms with Crippen molar-refractivity contribution in [1.82, 2.24) is 0 Å². The SMILES string of the molecule is CC1(C)CCC(C)(C)c2cc(N3B4c5cccc6c5N(c5ccccc5C6(c5ccccc5)c5ccccc5)c5cc6c(oc7ccccc76)c(c54)-c4cc5oc6ccccc6c5cc43)ccc21. The average Bonchev–Trinajstić information content (AvgIpc) is 3.94. The predicted molar refractivity (Wildman–Crippen MR) is 282 cm³/mol. The zero-order valence-electron chi connectivity index (χ0n) is 38.6. The topological polar surface area (TPSA) is 32.8 Å². The fourth-order valence-electron chi connectivity index (χ4n) is 13.3. The van der Waals surface area contributed by atoms with E-state index in [2.05, 4.69) is 225 Å². The first-order valence-electron chi connectivity index (χ1n) is 24.2. The van der Waals surface area contributed by atoms with Gasteiger partial charge in [0.25, 0.3) is 0 Å². The Morgan fingerprint density at radius 2 is 1.07 bits per heavy atom. The Hall–Kier alpha value is -7.76. The summed E-state index contributed by atoms with van der Waals surface area (Å²) in [5.41, 5.74) is 21.6. The van der Waals surface area contributed by atoms with Gasteiger partial charge in [-0.3, -0.25) is 0 Å². The first kappa shape index (κ1) is 38.4. The predicted octanol–water partition coefficient (Wildman–Crippen LogP) is 15.2. The molecule has 4 nitrogen and oxygen atoms in total. The van der Waals surface area contributed by atoms with E-state index in [-0.39, 0.29) is 17.7 Å². The van der Waals surface area contributed by atoms with Crippen molar-refractivity contribution < 1.29 is 8.83 Å². The Kier molecular flexibility index (Phi) is 7.46. The molecule has 0 unspecified atom stereocenters. The Morgan fingerprint density at radius 1 is 0.456 bits per heavy atom. The molecule has 3 aliphatic heterocycles. The van der Waals surface area contributed by atoms with E-state index in [9.17, 15) is 0 Å². The monoisotopic (exact) mass is 874 g/mol. The second-order valence-corrected chi connectivity index (χ2v) is 21.0. The van der Waals surface area contributed by atoms with E-state index in [0.29, 0.717) is 0 Å². The number of para-hydroxylation sites is 4. The van der Waals surface area contributed by atoms with E-state index in [4.69, 9.17) is 8.83 Å². The lowest BCUT2D eigenvalue weighted by Gasteiger charge is -2.52. The highest BCUT2D eigenvalue weighted by Crippen LogP contribution is 2.60. The molecule has 0 bridgehead atoms. The number of hydrogen-bond acceptors (Lipinski definition) is 4. The minimum atomic E-state index is -0.617. The number of rotatable bonds is 3. The van der Waals surface area contributed by atoms with E-state index in [1.54, 1.807) is 0 Å². The summed E-state index contributed by atoms with van der Waals surface area (Å²) in [4.78, 5) is 5.30. The van der Waals surface area contributed by atoms with Gasteiger partial charge in [-0.15, -0.1) is 0 Å². The molecule has 324 valence electrons. The third kappa shape index (κ3) is 4.81. The maximum Gasteiger partial charge on any atom is 0.333 e. The van der Waals surface area contributed by atoms with Gasteiger partial charge in [-0.25, -0.2) is 0 Å². The summed E-state index contributed by atoms with van der Waals surface area (Å²) in [6.45, 7) is 9.51. The van der Waals surface area contributed by atoms with E-state index < -0.39 is 5.41 Å². The molecule has 5 heteroatoms. The van der Waals surface area contributed by atoms with E-state index in [1.165, 1.54) is 67.1 Å². The van der Waals surface area contributed by atoms with Crippen molar-refractivity contribution in [2.75, 3.05) is 9.71 Å². The first-order chi connectivity index (χ1) is 33.2. The molecule has 5 heterocycles. The molecule has 0 fully saturated rings. The molecule has 0 radical (unpaired) electrons. The summed E-state index contributed by atoms with van der Waals surface area (Å²) < 4.78 is 13.9. The molecule has 68 heavy (non-hydrogen) atoms. The van der Waals surface area contributed by atoms with Crippen LogP contribution in [0.5, 0.6) is 0 Å². The standard InChI is InChI=1S/C63H47BN2O2/c1-61(2)32-33-62(3,4)49-34-40(30-31-46(49)61)66-52-35-43-41-22-11-15-28-54(41)67-56(43)37-45(52)57-58-53(36-44-42-23-12-16-29-55(42)68-60(44)57)65-51-27-14-13-24-47(51)63(38-18-7-5-8-19-38,39-20-9-6-10-21-39)48-25-17-26-50(59(48)65)64(58)66/h5-31,34-37H,32-33H2,1-4H3. The Bertz CT molecular complexity index is 3910. The lowest BCUT2D eigenvalue weighted by molar-refractivity contribution is 0.332. The van der Waals surface area contributed by atoms with Crippen LogP contribution in [0.15, 0.2) is 197 Å². The fourth-order valence-corrected chi connectivity index (χ4v) is 13.3. The molecular weight excluding hydrogens is 828 g/mol. The molecule has 0 saturated heterocycles. The highest BCUT2D eigenvalue weighted by molar-refractivity contribution is 6.94. The average molecular weight is 875 g/mol. The van der Waals surface area contributed by atoms with Crippen molar-refractivity contribution in [3.8, 4) is 11.1 Å². The molecule has 9 aromatic carbocycles. The van der Waals surface area contributed by atoms with Crippen LogP contribution in [0.25, 0.3) is 55.0 Å². The van der Waals surface area contributed by atoms with Gasteiger partial charge in [0, 0.05) is 55.4 Å². The fraction of sp³-hybridized carbons (Fsp3) is 0.143. The molecule has 0 atom stereocenters. The van der Waals surface area contributed by atoms with Crippen LogP contribution in [0.3, 0.4) is 0 Å². The van der Waals surface area contributed by atoms with Crippen LogP contribution < -0.4 is 20.6 Å². The Morgan fingerprint density at radius 3 is 1.82 bits per heavy atom. The van der Waals surface area contributed by atoms with Crippen LogP contribution in [0.1, 0.15) is 73.9 Å². The van der Waals surface area contributed by atoms with Gasteiger partial charge in [-0.05, 0) is 117 Å². The van der Waals surface area contributed by atoms with Gasteiger partial charge >= 0.3 is 6.85 Å². The maximum absolute atomic E-state index is 7.16. The van der Waals surface area contributed by atoms with Crippen LogP contribution >= 0.6 is 0 Å². The Balaban J connectivity index is 1.14. The van der Waals surface area contributed by atoms with Crippen molar-refractivity contribution >= 4 is 90.1 Å². The molecule has 0 saturated carbocycles. The number of anilines is 5. The lowest BCUT2D eigenvalue weighted by atomic mass is 9.42. The zero-order chi connectivity index (χ0) is 45.3. The second kappa shape index (κ2) is 13.2. The highest BCUT2D eigenvalue weighted by Gasteiger charge is 2.54. The molecule has 0 amide bonds. The van der Waals surface area contributed by atoms with Crippen molar-refractivity contribution in [3.63, 3.8) is 0 Å². The van der Waals surface area contributed by atoms with E-state index in [1.807, 2.05) is 0 Å². The van der Waals surface area contributed by atoms with E-state index >= 15 is 0 Å². The van der Waals surface area contributed by atoms with Crippen LogP contribution in [0.2, 0.25) is 0 Å². The van der Waals surface area contributed by atoms with Gasteiger partial charge in [-0.2, -0.15) is 0 Å². The quantitative estimate of drug-likeness (QED) is 0.166. The lowest BCUT2D eigenvalue weighted by Crippen LogP contribution is -2.62. The summed E-state index contributed by atoms with van der Waals surface area (Å²) in [6, 6.07) is 70.3. The van der Waals surface area contributed by atoms with Crippen LogP contribution in [0, 0.1) is 0 Å². The normalized spacial score (nSPS) is 16.7. The molecule has 11 aromatic rings. The number of benzene rings is 9. The Labute approximate surface area is 396 Å². The highest BCUT2D eigenvalue weighted by atomic mass is 16.3. The van der Waals surface area contributed by atoms with Crippen LogP contribution in [-0.2, 0) is 16.2 Å². The first-order valence-corrected chi connectivity index (χ1v) is 24.2. The summed E-state index contributed by atoms with van der Waals surface area (Å²) >= 11 is 0. The maximum atomic E-state index is 7.16. The van der Waals surface area contributed by atoms with Crippen molar-refractivity contribution in [3.05, 3.63) is 221 Å². The van der Waals surface area contributed by atoms with Crippen molar-refractivity contribution in [2.45, 2.75) is 56.8 Å². The number of furan rings is 2. The van der Waals surface area contributed by atoms with Crippen LogP contribution in [-0.4, -0.2) is 6.85 Å². The second-order valence-electron chi connectivity index (χ2n) is 21.0. The van der Waals surface area contributed by atoms with Gasteiger partial charge in [0.1, 0.15) is 22.3 Å². The summed E-state index contributed by atoms with van der Waals surface area (Å²) in [7, 11) is 0. The van der Waals surface area contributed by atoms with Crippen molar-refractivity contribution in [2.24, 2.45) is 0 Å².